The van der Waals surface area contributed by atoms with E-state index in [9.17, 15) is 13.6 Å². The van der Waals surface area contributed by atoms with Crippen LogP contribution in [-0.4, -0.2) is 17.4 Å². The second-order valence-corrected chi connectivity index (χ2v) is 4.45. The summed E-state index contributed by atoms with van der Waals surface area (Å²) in [6.45, 7) is 0.0869. The molecule has 0 fully saturated rings. The van der Waals surface area contributed by atoms with E-state index in [4.69, 9.17) is 11.6 Å². The third kappa shape index (κ3) is 3.30. The van der Waals surface area contributed by atoms with Gasteiger partial charge in [-0.05, 0) is 30.7 Å². The van der Waals surface area contributed by atoms with E-state index < -0.39 is 17.5 Å². The van der Waals surface area contributed by atoms with Crippen LogP contribution in [0.3, 0.4) is 0 Å². The minimum absolute atomic E-state index is 0.0503. The summed E-state index contributed by atoms with van der Waals surface area (Å²) in [5.74, 6) is -1.74. The predicted molar refractivity (Wildman–Crippen MR) is 71.6 cm³/mol. The first kappa shape index (κ1) is 14.4. The average Bonchev–Trinajstić information content (AvgIpc) is 2.42. The normalized spacial score (nSPS) is 10.3. The Labute approximate surface area is 119 Å². The zero-order valence-electron chi connectivity index (χ0n) is 10.4. The summed E-state index contributed by atoms with van der Waals surface area (Å²) in [6.07, 6.45) is 1.49. The number of nitrogens with one attached hydrogen (secondary N) is 1. The fraction of sp³-hybridized carbons (Fsp3) is 0.143. The van der Waals surface area contributed by atoms with E-state index in [2.05, 4.69) is 10.3 Å². The number of hydrogen-bond donors (Lipinski definition) is 1. The van der Waals surface area contributed by atoms with E-state index in [-0.39, 0.29) is 29.2 Å². The number of amides is 1. The molecular formula is C14H11ClF2N2O. The van der Waals surface area contributed by atoms with Gasteiger partial charge in [-0.3, -0.25) is 4.79 Å². The third-order valence-electron chi connectivity index (χ3n) is 2.70. The second kappa shape index (κ2) is 6.43. The zero-order chi connectivity index (χ0) is 14.5. The van der Waals surface area contributed by atoms with Crippen LogP contribution >= 0.6 is 11.6 Å². The summed E-state index contributed by atoms with van der Waals surface area (Å²) in [4.78, 5) is 15.6. The Kier molecular flexibility index (Phi) is 4.63. The first-order chi connectivity index (χ1) is 9.59. The summed E-state index contributed by atoms with van der Waals surface area (Å²) in [5, 5.41) is 2.75. The van der Waals surface area contributed by atoms with E-state index in [0.717, 1.165) is 0 Å². The summed E-state index contributed by atoms with van der Waals surface area (Å²) < 4.78 is 26.8. The van der Waals surface area contributed by atoms with Gasteiger partial charge in [0.25, 0.3) is 5.91 Å². The van der Waals surface area contributed by atoms with Crippen LogP contribution in [0.4, 0.5) is 8.78 Å². The highest BCUT2D eigenvalue weighted by molar-refractivity contribution is 6.33. The second-order valence-electron chi connectivity index (χ2n) is 4.04. The Morgan fingerprint density at radius 2 is 1.90 bits per heavy atom. The van der Waals surface area contributed by atoms with Crippen molar-refractivity contribution in [1.82, 2.24) is 10.3 Å². The van der Waals surface area contributed by atoms with Crippen molar-refractivity contribution >= 4 is 17.5 Å². The lowest BCUT2D eigenvalue weighted by molar-refractivity contribution is 0.0949. The predicted octanol–water partition coefficient (Wildman–Crippen LogP) is 2.99. The first-order valence-electron chi connectivity index (χ1n) is 5.91. The number of rotatable bonds is 4. The van der Waals surface area contributed by atoms with E-state index >= 15 is 0 Å². The van der Waals surface area contributed by atoms with Gasteiger partial charge >= 0.3 is 0 Å². The zero-order valence-corrected chi connectivity index (χ0v) is 11.1. The van der Waals surface area contributed by atoms with Crippen LogP contribution in [0.5, 0.6) is 0 Å². The summed E-state index contributed by atoms with van der Waals surface area (Å²) in [5.41, 5.74) is 0.0306. The highest BCUT2D eigenvalue weighted by Gasteiger charge is 2.12. The molecule has 20 heavy (non-hydrogen) atoms. The van der Waals surface area contributed by atoms with Crippen LogP contribution in [0.15, 0.2) is 36.5 Å². The van der Waals surface area contributed by atoms with Crippen molar-refractivity contribution in [3.05, 3.63) is 64.4 Å². The molecule has 0 radical (unpaired) electrons. The monoisotopic (exact) mass is 296 g/mol. The van der Waals surface area contributed by atoms with E-state index in [1.54, 1.807) is 12.1 Å². The third-order valence-corrected chi connectivity index (χ3v) is 3.00. The van der Waals surface area contributed by atoms with Gasteiger partial charge in [-0.1, -0.05) is 17.7 Å². The fourth-order valence-electron chi connectivity index (χ4n) is 1.71. The minimum Gasteiger partial charge on any atom is -0.350 e. The molecule has 0 spiro atoms. The van der Waals surface area contributed by atoms with Gasteiger partial charge in [0.05, 0.1) is 5.02 Å². The molecule has 104 valence electrons. The van der Waals surface area contributed by atoms with Gasteiger partial charge in [0, 0.05) is 18.3 Å². The van der Waals surface area contributed by atoms with Crippen molar-refractivity contribution in [3.63, 3.8) is 0 Å². The largest absolute Gasteiger partial charge is 0.350 e. The standard InChI is InChI=1S/C14H11ClF2N2O/c15-10-3-2-7-18-13(10)14(20)19-8-6-9-11(16)4-1-5-12(9)17/h1-5,7H,6,8H2,(H,19,20). The molecule has 0 bridgehead atoms. The Bertz CT molecular complexity index is 614. The molecule has 1 heterocycles. The maximum absolute atomic E-state index is 13.4. The summed E-state index contributed by atoms with van der Waals surface area (Å²) in [7, 11) is 0. The number of carbonyl (C=O) groups excluding carboxylic acids is 1. The van der Waals surface area contributed by atoms with Crippen LogP contribution in [0, 0.1) is 11.6 Å². The SMILES string of the molecule is O=C(NCCc1c(F)cccc1F)c1ncccc1Cl. The first-order valence-corrected chi connectivity index (χ1v) is 6.29. The Hall–Kier alpha value is -2.01. The molecule has 3 nitrogen and oxygen atoms in total. The van der Waals surface area contributed by atoms with E-state index in [0.29, 0.717) is 0 Å². The Balaban J connectivity index is 1.97. The minimum atomic E-state index is -0.630. The molecule has 6 heteroatoms. The van der Waals surface area contributed by atoms with Crippen LogP contribution in [-0.2, 0) is 6.42 Å². The van der Waals surface area contributed by atoms with Crippen molar-refractivity contribution in [2.75, 3.05) is 6.54 Å². The Morgan fingerprint density at radius 3 is 2.55 bits per heavy atom. The van der Waals surface area contributed by atoms with Crippen molar-refractivity contribution in [3.8, 4) is 0 Å². The quantitative estimate of drug-likeness (QED) is 0.942. The summed E-state index contributed by atoms with van der Waals surface area (Å²) in [6, 6.07) is 6.79. The van der Waals surface area contributed by atoms with Gasteiger partial charge < -0.3 is 5.32 Å². The number of halogens is 3. The molecule has 0 atom stereocenters. The Morgan fingerprint density at radius 1 is 1.20 bits per heavy atom. The number of aromatic nitrogens is 1. The molecule has 1 aromatic heterocycles. The van der Waals surface area contributed by atoms with Gasteiger partial charge in [-0.15, -0.1) is 0 Å². The molecule has 1 aromatic carbocycles. The molecule has 0 aliphatic carbocycles. The number of pyridine rings is 1. The van der Waals surface area contributed by atoms with Crippen molar-refractivity contribution < 1.29 is 13.6 Å². The summed E-state index contributed by atoms with van der Waals surface area (Å²) >= 11 is 5.82. The highest BCUT2D eigenvalue weighted by atomic mass is 35.5. The number of carbonyl (C=O) groups is 1. The molecular weight excluding hydrogens is 286 g/mol. The average molecular weight is 297 g/mol. The lowest BCUT2D eigenvalue weighted by Gasteiger charge is -2.07. The maximum Gasteiger partial charge on any atom is 0.271 e. The van der Waals surface area contributed by atoms with Gasteiger partial charge in [0.2, 0.25) is 0 Å². The maximum atomic E-state index is 13.4. The topological polar surface area (TPSA) is 42.0 Å². The molecule has 0 saturated carbocycles. The molecule has 0 saturated heterocycles. The van der Waals surface area contributed by atoms with Crippen molar-refractivity contribution in [2.24, 2.45) is 0 Å². The van der Waals surface area contributed by atoms with Gasteiger partial charge in [-0.25, -0.2) is 13.8 Å². The van der Waals surface area contributed by atoms with Crippen LogP contribution in [0.2, 0.25) is 5.02 Å². The van der Waals surface area contributed by atoms with Crippen molar-refractivity contribution in [1.29, 1.82) is 0 Å². The highest BCUT2D eigenvalue weighted by Crippen LogP contribution is 2.13. The smallest absolute Gasteiger partial charge is 0.271 e. The fourth-order valence-corrected chi connectivity index (χ4v) is 1.92. The van der Waals surface area contributed by atoms with Gasteiger partial charge in [-0.2, -0.15) is 0 Å². The molecule has 0 unspecified atom stereocenters. The molecule has 0 aliphatic rings. The molecule has 2 aromatic rings. The van der Waals surface area contributed by atoms with E-state index in [1.165, 1.54) is 24.4 Å². The molecule has 2 rings (SSSR count). The lowest BCUT2D eigenvalue weighted by Crippen LogP contribution is -2.27. The van der Waals surface area contributed by atoms with Crippen LogP contribution in [0.1, 0.15) is 16.1 Å². The lowest BCUT2D eigenvalue weighted by atomic mass is 10.1. The van der Waals surface area contributed by atoms with E-state index in [1.807, 2.05) is 0 Å². The molecule has 1 N–H and O–H groups in total. The van der Waals surface area contributed by atoms with Crippen LogP contribution in [0.25, 0.3) is 0 Å². The molecule has 1 amide bonds. The molecule has 0 aliphatic heterocycles. The number of nitrogens with zero attached hydrogens (tertiary/aromatic N) is 1. The van der Waals surface area contributed by atoms with Crippen molar-refractivity contribution in [2.45, 2.75) is 6.42 Å². The number of hydrogen-bond acceptors (Lipinski definition) is 2. The van der Waals surface area contributed by atoms with Gasteiger partial charge in [0.15, 0.2) is 0 Å². The van der Waals surface area contributed by atoms with Gasteiger partial charge in [0.1, 0.15) is 17.3 Å². The van der Waals surface area contributed by atoms with Crippen LogP contribution < -0.4 is 5.32 Å². The number of benzene rings is 1.